The molecule has 2 aliphatic heterocycles. The van der Waals surface area contributed by atoms with Gasteiger partial charge in [-0.3, -0.25) is 0 Å². The number of benzene rings is 1. The molecule has 0 spiro atoms. The quantitative estimate of drug-likeness (QED) is 0.807. The number of carbonyl (C=O) groups excluding carboxylic acids is 1. The summed E-state index contributed by atoms with van der Waals surface area (Å²) >= 11 is 0. The van der Waals surface area contributed by atoms with Gasteiger partial charge in [-0.1, -0.05) is 51.1 Å². The van der Waals surface area contributed by atoms with Crippen molar-refractivity contribution in [1.82, 2.24) is 9.80 Å². The monoisotopic (exact) mass is 404 g/mol. The number of piperidine rings is 1. The molecule has 3 rings (SSSR count). The van der Waals surface area contributed by atoms with Crippen molar-refractivity contribution >= 4 is 12.2 Å². The van der Waals surface area contributed by atoms with Crippen LogP contribution in [0.5, 0.6) is 0 Å². The molecule has 2 atom stereocenters. The van der Waals surface area contributed by atoms with E-state index in [0.29, 0.717) is 32.2 Å². The van der Waals surface area contributed by atoms with Crippen molar-refractivity contribution in [3.63, 3.8) is 0 Å². The highest BCUT2D eigenvalue weighted by atomic mass is 16.6. The molecule has 2 fully saturated rings. The number of hydrogen-bond donors (Lipinski definition) is 1. The molecule has 0 bridgehead atoms. The van der Waals surface area contributed by atoms with Crippen LogP contribution in [-0.4, -0.2) is 65.5 Å². The number of carbonyl (C=O) groups is 2. The zero-order valence-corrected chi connectivity index (χ0v) is 17.5. The van der Waals surface area contributed by atoms with Crippen molar-refractivity contribution in [2.75, 3.05) is 26.2 Å². The summed E-state index contributed by atoms with van der Waals surface area (Å²) in [7, 11) is 0. The van der Waals surface area contributed by atoms with Gasteiger partial charge in [0.1, 0.15) is 6.61 Å². The predicted molar refractivity (Wildman–Crippen MR) is 109 cm³/mol. The van der Waals surface area contributed by atoms with Gasteiger partial charge in [0.05, 0.1) is 25.8 Å². The van der Waals surface area contributed by atoms with Crippen molar-refractivity contribution in [3.05, 3.63) is 35.9 Å². The summed E-state index contributed by atoms with van der Waals surface area (Å²) in [5.74, 6) is 0.342. The summed E-state index contributed by atoms with van der Waals surface area (Å²) in [6.07, 6.45) is 0.508. The number of likely N-dealkylation sites (tertiary alicyclic amines) is 2. The van der Waals surface area contributed by atoms with Crippen molar-refractivity contribution < 1.29 is 24.2 Å². The van der Waals surface area contributed by atoms with E-state index >= 15 is 0 Å². The first-order valence-corrected chi connectivity index (χ1v) is 10.3. The largest absolute Gasteiger partial charge is 0.465 e. The van der Waals surface area contributed by atoms with E-state index in [4.69, 9.17) is 9.47 Å². The Morgan fingerprint density at radius 1 is 1.17 bits per heavy atom. The van der Waals surface area contributed by atoms with Crippen LogP contribution in [0.25, 0.3) is 0 Å². The molecule has 2 unspecified atom stereocenters. The Kier molecular flexibility index (Phi) is 6.67. The molecule has 2 aliphatic rings. The van der Waals surface area contributed by atoms with Gasteiger partial charge >= 0.3 is 12.2 Å². The molecule has 1 N–H and O–H groups in total. The standard InChI is InChI=1S/C22H32N2O5/c1-22(2,3)19-11-17(9-10-24(19)20(25)26)15-28-18-12-23(13-18)21(27)29-14-16-7-5-4-6-8-16/h4-8,17-19H,9-15H2,1-3H3,(H,25,26). The second-order valence-corrected chi connectivity index (χ2v) is 9.15. The summed E-state index contributed by atoms with van der Waals surface area (Å²) < 4.78 is 11.3. The van der Waals surface area contributed by atoms with Gasteiger partial charge in [-0.25, -0.2) is 9.59 Å². The fourth-order valence-electron chi connectivity index (χ4n) is 4.02. The highest BCUT2D eigenvalue weighted by Gasteiger charge is 2.39. The zero-order chi connectivity index (χ0) is 21.0. The lowest BCUT2D eigenvalue weighted by Crippen LogP contribution is -2.56. The summed E-state index contributed by atoms with van der Waals surface area (Å²) in [5, 5.41) is 9.47. The number of ether oxygens (including phenoxy) is 2. The Bertz CT molecular complexity index is 697. The van der Waals surface area contributed by atoms with Gasteiger partial charge in [-0.15, -0.1) is 0 Å². The lowest BCUT2D eigenvalue weighted by molar-refractivity contribution is -0.0724. The van der Waals surface area contributed by atoms with Gasteiger partial charge < -0.3 is 24.4 Å². The molecule has 2 saturated heterocycles. The number of amides is 2. The highest BCUT2D eigenvalue weighted by molar-refractivity contribution is 5.68. The van der Waals surface area contributed by atoms with E-state index in [1.54, 1.807) is 9.80 Å². The minimum absolute atomic E-state index is 0.00629. The maximum Gasteiger partial charge on any atom is 0.410 e. The molecular formula is C22H32N2O5. The van der Waals surface area contributed by atoms with Gasteiger partial charge in [0.2, 0.25) is 0 Å². The van der Waals surface area contributed by atoms with E-state index in [1.165, 1.54) is 0 Å². The number of hydrogen-bond acceptors (Lipinski definition) is 4. The normalized spacial score (nSPS) is 22.9. The lowest BCUT2D eigenvalue weighted by Gasteiger charge is -2.45. The van der Waals surface area contributed by atoms with Crippen LogP contribution in [0.2, 0.25) is 0 Å². The Hall–Kier alpha value is -2.28. The van der Waals surface area contributed by atoms with E-state index in [2.05, 4.69) is 20.8 Å². The molecule has 0 aromatic heterocycles. The van der Waals surface area contributed by atoms with Gasteiger partial charge in [0, 0.05) is 12.6 Å². The fraction of sp³-hybridized carbons (Fsp3) is 0.636. The van der Waals surface area contributed by atoms with Gasteiger partial charge in [-0.2, -0.15) is 0 Å². The van der Waals surface area contributed by atoms with Crippen LogP contribution in [0.3, 0.4) is 0 Å². The van der Waals surface area contributed by atoms with Crippen LogP contribution >= 0.6 is 0 Å². The average Bonchev–Trinajstić information content (AvgIpc) is 2.65. The van der Waals surface area contributed by atoms with E-state index in [-0.39, 0.29) is 30.3 Å². The SMILES string of the molecule is CC(C)(C)C1CC(COC2CN(C(=O)OCc3ccccc3)C2)CCN1C(=O)O. The van der Waals surface area contributed by atoms with Crippen LogP contribution < -0.4 is 0 Å². The number of carboxylic acid groups (broad SMARTS) is 1. The molecule has 0 radical (unpaired) electrons. The smallest absolute Gasteiger partial charge is 0.410 e. The molecule has 29 heavy (non-hydrogen) atoms. The minimum atomic E-state index is -0.840. The maximum absolute atomic E-state index is 12.1. The third-order valence-electron chi connectivity index (χ3n) is 5.84. The summed E-state index contributed by atoms with van der Waals surface area (Å²) in [5.41, 5.74) is 0.864. The average molecular weight is 405 g/mol. The van der Waals surface area contributed by atoms with Crippen molar-refractivity contribution in [1.29, 1.82) is 0 Å². The van der Waals surface area contributed by atoms with Crippen LogP contribution in [0, 0.1) is 11.3 Å². The molecule has 0 aliphatic carbocycles. The summed E-state index contributed by atoms with van der Waals surface area (Å²) in [4.78, 5) is 26.8. The van der Waals surface area contributed by atoms with Crippen LogP contribution in [0.4, 0.5) is 9.59 Å². The Morgan fingerprint density at radius 2 is 1.86 bits per heavy atom. The van der Waals surface area contributed by atoms with Crippen LogP contribution in [0.15, 0.2) is 30.3 Å². The second-order valence-electron chi connectivity index (χ2n) is 9.15. The number of rotatable bonds is 5. The molecule has 0 saturated carbocycles. The van der Waals surface area contributed by atoms with E-state index < -0.39 is 6.09 Å². The predicted octanol–water partition coefficient (Wildman–Crippen LogP) is 3.83. The topological polar surface area (TPSA) is 79.3 Å². The first-order valence-electron chi connectivity index (χ1n) is 10.3. The van der Waals surface area contributed by atoms with Gasteiger partial charge in [-0.05, 0) is 29.7 Å². The minimum Gasteiger partial charge on any atom is -0.465 e. The van der Waals surface area contributed by atoms with E-state index in [1.807, 2.05) is 30.3 Å². The molecule has 7 heteroatoms. The Morgan fingerprint density at radius 3 is 2.48 bits per heavy atom. The van der Waals surface area contributed by atoms with Crippen LogP contribution in [0.1, 0.15) is 39.2 Å². The fourth-order valence-corrected chi connectivity index (χ4v) is 4.02. The van der Waals surface area contributed by atoms with Crippen molar-refractivity contribution in [2.24, 2.45) is 11.3 Å². The molecule has 2 heterocycles. The Balaban J connectivity index is 1.37. The molecule has 1 aromatic carbocycles. The second kappa shape index (κ2) is 9.03. The Labute approximate surface area is 172 Å². The highest BCUT2D eigenvalue weighted by Crippen LogP contribution is 2.35. The molecular weight excluding hydrogens is 372 g/mol. The lowest BCUT2D eigenvalue weighted by atomic mass is 9.77. The van der Waals surface area contributed by atoms with Crippen molar-refractivity contribution in [2.45, 2.75) is 52.4 Å². The first-order chi connectivity index (χ1) is 13.7. The summed E-state index contributed by atoms with van der Waals surface area (Å²) in [6.45, 7) is 8.78. The van der Waals surface area contributed by atoms with Gasteiger partial charge in [0.15, 0.2) is 0 Å². The molecule has 2 amide bonds. The molecule has 160 valence electrons. The maximum atomic E-state index is 12.1. The third kappa shape index (κ3) is 5.63. The van der Waals surface area contributed by atoms with E-state index in [9.17, 15) is 14.7 Å². The zero-order valence-electron chi connectivity index (χ0n) is 17.5. The number of nitrogens with zero attached hydrogens (tertiary/aromatic N) is 2. The van der Waals surface area contributed by atoms with E-state index in [0.717, 1.165) is 18.4 Å². The van der Waals surface area contributed by atoms with Crippen LogP contribution in [-0.2, 0) is 16.1 Å². The molecule has 1 aromatic rings. The van der Waals surface area contributed by atoms with Gasteiger partial charge in [0.25, 0.3) is 0 Å². The summed E-state index contributed by atoms with van der Waals surface area (Å²) in [6, 6.07) is 9.61. The van der Waals surface area contributed by atoms with Crippen molar-refractivity contribution in [3.8, 4) is 0 Å². The third-order valence-corrected chi connectivity index (χ3v) is 5.84. The molecule has 7 nitrogen and oxygen atoms in total. The first kappa shape index (κ1) is 21.4.